The summed E-state index contributed by atoms with van der Waals surface area (Å²) in [6, 6.07) is 0.280. The molecule has 0 saturated carbocycles. The maximum atomic E-state index is 11.7. The van der Waals surface area contributed by atoms with Gasteiger partial charge in [0.15, 0.2) is 5.96 Å². The van der Waals surface area contributed by atoms with E-state index in [2.05, 4.69) is 15.6 Å². The third kappa shape index (κ3) is 5.04. The molecule has 1 amide bonds. The molecule has 19 heavy (non-hydrogen) atoms. The van der Waals surface area contributed by atoms with Crippen LogP contribution in [0.4, 0.5) is 4.79 Å². The lowest BCUT2D eigenvalue weighted by Gasteiger charge is -2.40. The number of hydrogen-bond donors (Lipinski definition) is 2. The predicted octanol–water partition coefficient (Wildman–Crippen LogP) is 1.16. The highest BCUT2D eigenvalue weighted by atomic mass is 127. The molecule has 2 aliphatic rings. The summed E-state index contributed by atoms with van der Waals surface area (Å²) < 4.78 is 5.29. The van der Waals surface area contributed by atoms with Crippen molar-refractivity contribution in [2.75, 3.05) is 26.2 Å². The van der Waals surface area contributed by atoms with Gasteiger partial charge in [-0.3, -0.25) is 4.99 Å². The van der Waals surface area contributed by atoms with Gasteiger partial charge in [-0.2, -0.15) is 0 Å². The second-order valence-electron chi connectivity index (χ2n) is 5.74. The van der Waals surface area contributed by atoms with E-state index in [9.17, 15) is 4.79 Å². The highest BCUT2D eigenvalue weighted by molar-refractivity contribution is 14.0. The van der Waals surface area contributed by atoms with Crippen molar-refractivity contribution in [3.63, 3.8) is 0 Å². The number of carbonyl (C=O) groups is 1. The number of aliphatic imine (C=N–C) groups is 1. The molecule has 2 rings (SSSR count). The zero-order chi connectivity index (χ0) is 13.2. The van der Waals surface area contributed by atoms with Gasteiger partial charge in [-0.25, -0.2) is 4.79 Å². The highest BCUT2D eigenvalue weighted by Gasteiger charge is 2.34. The van der Waals surface area contributed by atoms with Gasteiger partial charge in [0.25, 0.3) is 0 Å². The quantitative estimate of drug-likeness (QED) is 0.669. The van der Waals surface area contributed by atoms with E-state index in [1.54, 1.807) is 4.90 Å². The number of hydrogen-bond acceptors (Lipinski definition) is 5. The average Bonchev–Trinajstić information content (AvgIpc) is 2.21. The van der Waals surface area contributed by atoms with Gasteiger partial charge in [0.2, 0.25) is 0 Å². The summed E-state index contributed by atoms with van der Waals surface area (Å²) in [5, 5.41) is 6.50. The van der Waals surface area contributed by atoms with Crippen LogP contribution in [0.25, 0.3) is 0 Å². The molecule has 0 aliphatic carbocycles. The van der Waals surface area contributed by atoms with Crippen LogP contribution in [0.5, 0.6) is 0 Å². The molecule has 2 heterocycles. The van der Waals surface area contributed by atoms with Crippen molar-refractivity contribution in [1.29, 1.82) is 0 Å². The van der Waals surface area contributed by atoms with E-state index in [-0.39, 0.29) is 36.1 Å². The van der Waals surface area contributed by atoms with E-state index in [0.29, 0.717) is 13.1 Å². The molecule has 0 spiro atoms. The number of guanidine groups is 1. The maximum Gasteiger partial charge on any atom is 0.410 e. The lowest BCUT2D eigenvalue weighted by Crippen LogP contribution is -2.63. The van der Waals surface area contributed by atoms with Crippen LogP contribution in [0.1, 0.15) is 27.2 Å². The van der Waals surface area contributed by atoms with E-state index in [1.807, 2.05) is 20.8 Å². The molecule has 1 saturated heterocycles. The number of nitrogens with one attached hydrogen (secondary N) is 2. The SMILES string of the molecule is CC(C)(C)OC(=O)N1CC(NC2=NCCCN2)C1.I. The van der Waals surface area contributed by atoms with E-state index < -0.39 is 5.60 Å². The largest absolute Gasteiger partial charge is 0.444 e. The molecule has 0 bridgehead atoms. The molecular formula is C12H23IN4O2. The van der Waals surface area contributed by atoms with E-state index >= 15 is 0 Å². The minimum absolute atomic E-state index is 0. The molecule has 6 nitrogen and oxygen atoms in total. The Bertz CT molecular complexity index is 348. The Hall–Kier alpha value is -0.730. The Morgan fingerprint density at radius 1 is 1.47 bits per heavy atom. The second-order valence-corrected chi connectivity index (χ2v) is 5.74. The number of nitrogens with zero attached hydrogens (tertiary/aromatic N) is 2. The number of halogens is 1. The van der Waals surface area contributed by atoms with Gasteiger partial charge >= 0.3 is 6.09 Å². The Kier molecular flexibility index (Phi) is 5.69. The van der Waals surface area contributed by atoms with Gasteiger partial charge < -0.3 is 20.3 Å². The van der Waals surface area contributed by atoms with Crippen molar-refractivity contribution in [1.82, 2.24) is 15.5 Å². The van der Waals surface area contributed by atoms with Crippen LogP contribution >= 0.6 is 24.0 Å². The van der Waals surface area contributed by atoms with Crippen LogP contribution in [0, 0.1) is 0 Å². The fraction of sp³-hybridized carbons (Fsp3) is 0.833. The molecule has 0 atom stereocenters. The summed E-state index contributed by atoms with van der Waals surface area (Å²) in [6.45, 7) is 8.82. The fourth-order valence-corrected chi connectivity index (χ4v) is 1.87. The predicted molar refractivity (Wildman–Crippen MR) is 85.1 cm³/mol. The molecule has 0 aromatic carbocycles. The van der Waals surface area contributed by atoms with Crippen LogP contribution in [0.15, 0.2) is 4.99 Å². The van der Waals surface area contributed by atoms with Crippen LogP contribution in [0.2, 0.25) is 0 Å². The summed E-state index contributed by atoms with van der Waals surface area (Å²) in [4.78, 5) is 17.7. The van der Waals surface area contributed by atoms with E-state index in [1.165, 1.54) is 0 Å². The average molecular weight is 382 g/mol. The molecule has 0 unspecified atom stereocenters. The van der Waals surface area contributed by atoms with Gasteiger partial charge in [0.05, 0.1) is 6.04 Å². The first-order valence-electron chi connectivity index (χ1n) is 6.47. The summed E-state index contributed by atoms with van der Waals surface area (Å²) in [6.07, 6.45) is 0.846. The molecular weight excluding hydrogens is 359 g/mol. The molecule has 0 radical (unpaired) electrons. The first kappa shape index (κ1) is 16.3. The molecule has 0 aromatic heterocycles. The van der Waals surface area contributed by atoms with Crippen molar-refractivity contribution in [2.45, 2.75) is 38.8 Å². The minimum Gasteiger partial charge on any atom is -0.444 e. The smallest absolute Gasteiger partial charge is 0.410 e. The summed E-state index contributed by atoms with van der Waals surface area (Å²) in [5.74, 6) is 0.857. The minimum atomic E-state index is -0.426. The van der Waals surface area contributed by atoms with E-state index in [0.717, 1.165) is 25.5 Å². The Morgan fingerprint density at radius 3 is 2.68 bits per heavy atom. The maximum absolute atomic E-state index is 11.7. The number of amides is 1. The fourth-order valence-electron chi connectivity index (χ4n) is 1.87. The Labute approximate surface area is 131 Å². The molecule has 2 N–H and O–H groups in total. The number of rotatable bonds is 1. The van der Waals surface area contributed by atoms with Crippen molar-refractivity contribution in [3.8, 4) is 0 Å². The molecule has 110 valence electrons. The van der Waals surface area contributed by atoms with Crippen molar-refractivity contribution < 1.29 is 9.53 Å². The molecule has 2 aliphatic heterocycles. The second kappa shape index (κ2) is 6.62. The number of carbonyl (C=O) groups excluding carboxylic acids is 1. The van der Waals surface area contributed by atoms with Crippen LogP contribution in [-0.2, 0) is 4.74 Å². The van der Waals surface area contributed by atoms with E-state index in [4.69, 9.17) is 4.74 Å². The van der Waals surface area contributed by atoms with Gasteiger partial charge in [-0.05, 0) is 27.2 Å². The standard InChI is InChI=1S/C12H22N4O2.HI/c1-12(2,3)18-11(17)16-7-9(8-16)15-10-13-5-4-6-14-10;/h9H,4-8H2,1-3H3,(H2,13,14,15);1H. The van der Waals surface area contributed by atoms with Crippen molar-refractivity contribution in [2.24, 2.45) is 4.99 Å². The van der Waals surface area contributed by atoms with Crippen LogP contribution in [-0.4, -0.2) is 54.8 Å². The first-order valence-corrected chi connectivity index (χ1v) is 6.47. The van der Waals surface area contributed by atoms with Gasteiger partial charge in [-0.1, -0.05) is 0 Å². The number of ether oxygens (including phenoxy) is 1. The van der Waals surface area contributed by atoms with Gasteiger partial charge in [0, 0.05) is 26.2 Å². The third-order valence-corrected chi connectivity index (χ3v) is 2.77. The topological polar surface area (TPSA) is 66.0 Å². The molecule has 1 fully saturated rings. The summed E-state index contributed by atoms with van der Waals surface area (Å²) >= 11 is 0. The zero-order valence-corrected chi connectivity index (χ0v) is 14.1. The van der Waals surface area contributed by atoms with Gasteiger partial charge in [-0.15, -0.1) is 24.0 Å². The summed E-state index contributed by atoms with van der Waals surface area (Å²) in [7, 11) is 0. The molecule has 0 aromatic rings. The molecule has 7 heteroatoms. The zero-order valence-electron chi connectivity index (χ0n) is 11.7. The van der Waals surface area contributed by atoms with Crippen molar-refractivity contribution >= 4 is 36.0 Å². The van der Waals surface area contributed by atoms with Crippen molar-refractivity contribution in [3.05, 3.63) is 0 Å². The third-order valence-electron chi connectivity index (χ3n) is 2.77. The monoisotopic (exact) mass is 382 g/mol. The Morgan fingerprint density at radius 2 is 2.16 bits per heavy atom. The first-order chi connectivity index (χ1) is 8.44. The van der Waals surface area contributed by atoms with Crippen LogP contribution < -0.4 is 10.6 Å². The highest BCUT2D eigenvalue weighted by Crippen LogP contribution is 2.15. The lowest BCUT2D eigenvalue weighted by molar-refractivity contribution is 0.00699. The normalized spacial score (nSPS) is 19.5. The lowest BCUT2D eigenvalue weighted by atomic mass is 10.1. The summed E-state index contributed by atoms with van der Waals surface area (Å²) in [5.41, 5.74) is -0.426. The number of likely N-dealkylation sites (tertiary alicyclic amines) is 1. The Balaban J connectivity index is 0.00000180. The van der Waals surface area contributed by atoms with Crippen LogP contribution in [0.3, 0.4) is 0 Å². The van der Waals surface area contributed by atoms with Gasteiger partial charge in [0.1, 0.15) is 5.60 Å².